The third kappa shape index (κ3) is 2.87. The Morgan fingerprint density at radius 2 is 1.72 bits per heavy atom. The Hall–Kier alpha value is -1.36. The highest BCUT2D eigenvalue weighted by Gasteiger charge is 2.69. The molecule has 0 saturated heterocycles. The molecule has 5 aliphatic carbocycles. The van der Waals surface area contributed by atoms with E-state index in [4.69, 9.17) is 10.7 Å². The Morgan fingerprint density at radius 3 is 2.42 bits per heavy atom. The normalized spacial score (nSPS) is 46.3. The Bertz CT molecular complexity index is 1170. The Balaban J connectivity index is 1.47. The van der Waals surface area contributed by atoms with Crippen molar-refractivity contribution < 1.29 is 9.90 Å². The van der Waals surface area contributed by atoms with E-state index in [-0.39, 0.29) is 33.0 Å². The molecule has 7 atom stereocenters. The number of allylic oxidation sites excluding steroid dienone is 2. The number of nitrogens with zero attached hydrogens (tertiary/aromatic N) is 1. The fourth-order valence-corrected chi connectivity index (χ4v) is 12.1. The molecule has 0 radical (unpaired) electrons. The molecule has 1 aromatic rings. The highest BCUT2D eigenvalue weighted by molar-refractivity contribution is 7.15. The van der Waals surface area contributed by atoms with E-state index in [1.54, 1.807) is 11.3 Å². The molecule has 5 aliphatic rings. The summed E-state index contributed by atoms with van der Waals surface area (Å²) in [5.41, 5.74) is 9.13. The van der Waals surface area contributed by atoms with Crippen molar-refractivity contribution in [1.82, 2.24) is 4.98 Å². The first-order valence-electron chi connectivity index (χ1n) is 14.3. The Labute approximate surface area is 221 Å². The van der Waals surface area contributed by atoms with Crippen LogP contribution in [-0.4, -0.2) is 16.1 Å². The van der Waals surface area contributed by atoms with Gasteiger partial charge in [0.2, 0.25) is 0 Å². The molecule has 1 unspecified atom stereocenters. The maximum Gasteiger partial charge on any atom is 0.310 e. The maximum absolute atomic E-state index is 12.9. The van der Waals surface area contributed by atoms with Crippen molar-refractivity contribution in [3.05, 3.63) is 22.2 Å². The van der Waals surface area contributed by atoms with Crippen LogP contribution < -0.4 is 5.73 Å². The third-order valence-corrected chi connectivity index (χ3v) is 14.0. The molecule has 36 heavy (non-hydrogen) atoms. The van der Waals surface area contributed by atoms with Gasteiger partial charge in [0.15, 0.2) is 5.13 Å². The van der Waals surface area contributed by atoms with Gasteiger partial charge in [0.05, 0.1) is 11.1 Å². The second-order valence-corrected chi connectivity index (χ2v) is 16.5. The Kier molecular flexibility index (Phi) is 4.98. The summed E-state index contributed by atoms with van der Waals surface area (Å²) in [6, 6.07) is 0. The van der Waals surface area contributed by atoms with Crippen LogP contribution in [-0.2, 0) is 16.6 Å². The van der Waals surface area contributed by atoms with Crippen molar-refractivity contribution in [3.63, 3.8) is 0 Å². The predicted molar refractivity (Wildman–Crippen MR) is 147 cm³/mol. The minimum atomic E-state index is -0.562. The predicted octanol–water partition coefficient (Wildman–Crippen LogP) is 7.63. The van der Waals surface area contributed by atoms with Gasteiger partial charge in [0.25, 0.3) is 0 Å². The van der Waals surface area contributed by atoms with Gasteiger partial charge in [-0.05, 0) is 97.2 Å². The topological polar surface area (TPSA) is 76.2 Å². The molecule has 0 bridgehead atoms. The summed E-state index contributed by atoms with van der Waals surface area (Å²) in [5.74, 6) is 0.808. The number of hydrogen-bond acceptors (Lipinski definition) is 4. The zero-order valence-electron chi connectivity index (χ0n) is 23.5. The van der Waals surface area contributed by atoms with Crippen molar-refractivity contribution in [2.45, 2.75) is 112 Å². The number of carboxylic acids is 1. The number of thiazole rings is 1. The first-order chi connectivity index (χ1) is 16.6. The van der Waals surface area contributed by atoms with Crippen molar-refractivity contribution >= 4 is 22.4 Å². The van der Waals surface area contributed by atoms with Gasteiger partial charge in [-0.2, -0.15) is 0 Å². The lowest BCUT2D eigenvalue weighted by Crippen LogP contribution is -2.64. The lowest BCUT2D eigenvalue weighted by Gasteiger charge is -2.70. The average Bonchev–Trinajstić information content (AvgIpc) is 3.14. The standard InChI is InChI=1S/C31H46N2O2S/c1-26(2)12-14-31(24(34)35)15-13-29(6)18(19(31)16-26)8-9-22-28(5)17-20-23(33-25(32)36-20)27(3,4)21(28)10-11-30(22,29)7/h8,19,21-22H,9-17H2,1-7H3,(H2,32,33)(H,34,35)/t19-,21-,22?,28-,29+,30+,31-/m0/s1. The van der Waals surface area contributed by atoms with E-state index in [2.05, 4.69) is 54.5 Å². The fraction of sp³-hybridized carbons (Fsp3) is 0.806. The summed E-state index contributed by atoms with van der Waals surface area (Å²) in [6.07, 6.45) is 11.9. The number of nitrogen functional groups attached to an aromatic ring is 1. The van der Waals surface area contributed by atoms with Crippen LogP contribution in [0.3, 0.4) is 0 Å². The van der Waals surface area contributed by atoms with Gasteiger partial charge in [0.1, 0.15) is 0 Å². The van der Waals surface area contributed by atoms with Gasteiger partial charge >= 0.3 is 5.97 Å². The zero-order chi connectivity index (χ0) is 26.1. The minimum absolute atomic E-state index is 0.0289. The first-order valence-corrected chi connectivity index (χ1v) is 15.1. The van der Waals surface area contributed by atoms with Crippen molar-refractivity contribution in [2.24, 2.45) is 44.8 Å². The van der Waals surface area contributed by atoms with Gasteiger partial charge in [0, 0.05) is 10.3 Å². The number of aliphatic carboxylic acids is 1. The molecule has 3 saturated carbocycles. The maximum atomic E-state index is 12.9. The molecule has 0 amide bonds. The largest absolute Gasteiger partial charge is 0.481 e. The summed E-state index contributed by atoms with van der Waals surface area (Å²) in [6.45, 7) is 17.2. The van der Waals surface area contributed by atoms with E-state index in [1.165, 1.54) is 29.0 Å². The highest BCUT2D eigenvalue weighted by Crippen LogP contribution is 2.75. The smallest absolute Gasteiger partial charge is 0.310 e. The second-order valence-electron chi connectivity index (χ2n) is 15.4. The molecule has 6 rings (SSSR count). The van der Waals surface area contributed by atoms with Gasteiger partial charge in [-0.3, -0.25) is 4.79 Å². The Morgan fingerprint density at radius 1 is 1.03 bits per heavy atom. The summed E-state index contributed by atoms with van der Waals surface area (Å²) < 4.78 is 0. The van der Waals surface area contributed by atoms with Crippen LogP contribution in [0.1, 0.15) is 110 Å². The fourth-order valence-electron chi connectivity index (χ4n) is 10.9. The van der Waals surface area contributed by atoms with E-state index < -0.39 is 11.4 Å². The number of aromatic nitrogens is 1. The number of fused-ring (bicyclic) bond motifs is 8. The SMILES string of the molecule is CC1(C)CC[C@]2(C(=O)O)CC[C@]3(C)C(=CCC4[C@@]5(C)Cc6sc(N)nc6C(C)(C)[C@@H]5CC[C@]43C)[C@@H]2C1. The molecule has 0 aliphatic heterocycles. The third-order valence-electron chi connectivity index (χ3n) is 13.1. The summed E-state index contributed by atoms with van der Waals surface area (Å²) in [7, 11) is 0. The minimum Gasteiger partial charge on any atom is -0.481 e. The number of anilines is 1. The lowest BCUT2D eigenvalue weighted by molar-refractivity contribution is -0.176. The summed E-state index contributed by atoms with van der Waals surface area (Å²) in [4.78, 5) is 19.1. The first kappa shape index (κ1) is 24.9. The van der Waals surface area contributed by atoms with Crippen molar-refractivity contribution in [2.75, 3.05) is 5.73 Å². The second kappa shape index (κ2) is 7.18. The molecule has 1 aromatic heterocycles. The number of hydrogen-bond donors (Lipinski definition) is 2. The van der Waals surface area contributed by atoms with E-state index >= 15 is 0 Å². The molecule has 0 spiro atoms. The van der Waals surface area contributed by atoms with E-state index in [9.17, 15) is 9.90 Å². The van der Waals surface area contributed by atoms with E-state index in [1.807, 2.05) is 0 Å². The molecule has 0 aromatic carbocycles. The molecule has 198 valence electrons. The van der Waals surface area contributed by atoms with Crippen molar-refractivity contribution in [3.8, 4) is 0 Å². The van der Waals surface area contributed by atoms with E-state index in [0.717, 1.165) is 44.9 Å². The zero-order valence-corrected chi connectivity index (χ0v) is 24.3. The molecule has 1 heterocycles. The van der Waals surface area contributed by atoms with E-state index in [0.29, 0.717) is 17.0 Å². The van der Waals surface area contributed by atoms with Crippen LogP contribution in [0.5, 0.6) is 0 Å². The van der Waals surface area contributed by atoms with Gasteiger partial charge < -0.3 is 10.8 Å². The van der Waals surface area contributed by atoms with Gasteiger partial charge in [-0.1, -0.05) is 60.1 Å². The molecule has 4 nitrogen and oxygen atoms in total. The lowest BCUT2D eigenvalue weighted by atomic mass is 9.34. The van der Waals surface area contributed by atoms with Crippen LogP contribution in [0.4, 0.5) is 5.13 Å². The van der Waals surface area contributed by atoms with Crippen LogP contribution in [0.25, 0.3) is 0 Å². The number of carbonyl (C=O) groups is 1. The monoisotopic (exact) mass is 510 g/mol. The molecule has 5 heteroatoms. The molecule has 3 fully saturated rings. The van der Waals surface area contributed by atoms with Crippen LogP contribution >= 0.6 is 11.3 Å². The quantitative estimate of drug-likeness (QED) is 0.381. The summed E-state index contributed by atoms with van der Waals surface area (Å²) >= 11 is 1.71. The molecular weight excluding hydrogens is 464 g/mol. The average molecular weight is 511 g/mol. The highest BCUT2D eigenvalue weighted by atomic mass is 32.1. The number of nitrogens with two attached hydrogens (primary N) is 1. The van der Waals surface area contributed by atoms with Crippen molar-refractivity contribution in [1.29, 1.82) is 0 Å². The van der Waals surface area contributed by atoms with Crippen LogP contribution in [0.2, 0.25) is 0 Å². The summed E-state index contributed by atoms with van der Waals surface area (Å²) in [5, 5.41) is 11.3. The number of carboxylic acid groups (broad SMARTS) is 1. The molecule has 3 N–H and O–H groups in total. The van der Waals surface area contributed by atoms with Crippen LogP contribution in [0.15, 0.2) is 11.6 Å². The van der Waals surface area contributed by atoms with Gasteiger partial charge in [-0.25, -0.2) is 4.98 Å². The molecular formula is C31H46N2O2S. The number of rotatable bonds is 1. The van der Waals surface area contributed by atoms with Crippen LogP contribution in [0, 0.1) is 44.8 Å². The van der Waals surface area contributed by atoms with Gasteiger partial charge in [-0.15, -0.1) is 11.3 Å².